The second kappa shape index (κ2) is 5.15. The molecule has 86 valence electrons. The zero-order valence-electron chi connectivity index (χ0n) is 9.05. The minimum atomic E-state index is -0.392. The third-order valence-electron chi connectivity index (χ3n) is 2.24. The Morgan fingerprint density at radius 3 is 2.27 bits per heavy atom. The van der Waals surface area contributed by atoms with Crippen LogP contribution in [0.1, 0.15) is 32.4 Å². The predicted molar refractivity (Wildman–Crippen MR) is 65.0 cm³/mol. The quantitative estimate of drug-likeness (QED) is 0.804. The van der Waals surface area contributed by atoms with Gasteiger partial charge in [0.2, 0.25) is 0 Å². The Kier molecular flexibility index (Phi) is 5.04. The summed E-state index contributed by atoms with van der Waals surface area (Å²) >= 11 is 5.91. The number of benzene rings is 1. The number of nitrogens with two attached hydrogens (primary N) is 1. The van der Waals surface area contributed by atoms with Crippen LogP contribution in [-0.2, 0) is 0 Å². The molecule has 0 unspecified atom stereocenters. The van der Waals surface area contributed by atoms with Crippen molar-refractivity contribution in [3.8, 4) is 0 Å². The Bertz CT molecular complexity index is 314. The lowest BCUT2D eigenvalue weighted by Gasteiger charge is -2.28. The van der Waals surface area contributed by atoms with Gasteiger partial charge in [0.05, 0.1) is 0 Å². The Labute approximate surface area is 101 Å². The molecular formula is C11H16Cl2FN. The number of hydrogen-bond acceptors (Lipinski definition) is 1. The molecule has 1 atom stereocenters. The lowest BCUT2D eigenvalue weighted by Crippen LogP contribution is -2.27. The summed E-state index contributed by atoms with van der Waals surface area (Å²) in [6.45, 7) is 5.88. The van der Waals surface area contributed by atoms with Gasteiger partial charge < -0.3 is 5.73 Å². The maximum absolute atomic E-state index is 13.5. The van der Waals surface area contributed by atoms with Gasteiger partial charge in [0, 0.05) is 16.6 Å². The molecule has 0 heterocycles. The van der Waals surface area contributed by atoms with Gasteiger partial charge in [0.15, 0.2) is 0 Å². The van der Waals surface area contributed by atoms with Crippen LogP contribution in [-0.4, -0.2) is 0 Å². The van der Waals surface area contributed by atoms with E-state index in [2.05, 4.69) is 0 Å². The third-order valence-corrected chi connectivity index (χ3v) is 2.57. The molecule has 0 radical (unpaired) electrons. The van der Waals surface area contributed by atoms with E-state index in [1.165, 1.54) is 6.07 Å². The first kappa shape index (κ1) is 14.7. The molecule has 0 spiro atoms. The molecule has 0 aliphatic carbocycles. The van der Waals surface area contributed by atoms with Crippen molar-refractivity contribution in [2.45, 2.75) is 26.8 Å². The molecule has 1 aromatic carbocycles. The van der Waals surface area contributed by atoms with Crippen molar-refractivity contribution in [3.63, 3.8) is 0 Å². The van der Waals surface area contributed by atoms with Crippen molar-refractivity contribution in [3.05, 3.63) is 34.6 Å². The highest BCUT2D eigenvalue weighted by Gasteiger charge is 2.26. The minimum Gasteiger partial charge on any atom is -0.323 e. The number of halogens is 3. The molecule has 4 heteroatoms. The summed E-state index contributed by atoms with van der Waals surface area (Å²) in [6, 6.07) is 4.23. The van der Waals surface area contributed by atoms with E-state index in [0.29, 0.717) is 10.6 Å². The van der Waals surface area contributed by atoms with Crippen LogP contribution in [0.2, 0.25) is 5.02 Å². The monoisotopic (exact) mass is 251 g/mol. The van der Waals surface area contributed by atoms with Gasteiger partial charge in [0.25, 0.3) is 0 Å². The SMILES string of the molecule is CC(C)(C)[C@@H](N)c1c(F)cccc1Cl.Cl. The van der Waals surface area contributed by atoms with Gasteiger partial charge in [-0.2, -0.15) is 0 Å². The molecule has 0 aliphatic rings. The number of rotatable bonds is 1. The van der Waals surface area contributed by atoms with Crippen LogP contribution >= 0.6 is 24.0 Å². The highest BCUT2D eigenvalue weighted by atomic mass is 35.5. The highest BCUT2D eigenvalue weighted by Crippen LogP contribution is 2.35. The van der Waals surface area contributed by atoms with E-state index >= 15 is 0 Å². The van der Waals surface area contributed by atoms with E-state index in [1.54, 1.807) is 12.1 Å². The van der Waals surface area contributed by atoms with Gasteiger partial charge >= 0.3 is 0 Å². The summed E-state index contributed by atoms with van der Waals surface area (Å²) in [4.78, 5) is 0. The molecule has 15 heavy (non-hydrogen) atoms. The summed E-state index contributed by atoms with van der Waals surface area (Å²) in [7, 11) is 0. The first-order valence-electron chi connectivity index (χ1n) is 4.53. The van der Waals surface area contributed by atoms with Gasteiger partial charge in [-0.15, -0.1) is 12.4 Å². The average Bonchev–Trinajstić information content (AvgIpc) is 2.01. The lowest BCUT2D eigenvalue weighted by atomic mass is 9.83. The smallest absolute Gasteiger partial charge is 0.129 e. The largest absolute Gasteiger partial charge is 0.323 e. The Morgan fingerprint density at radius 1 is 1.33 bits per heavy atom. The van der Waals surface area contributed by atoms with Crippen molar-refractivity contribution < 1.29 is 4.39 Å². The van der Waals surface area contributed by atoms with Crippen LogP contribution in [0.3, 0.4) is 0 Å². The second-order valence-corrected chi connectivity index (χ2v) is 4.89. The zero-order chi connectivity index (χ0) is 10.9. The Morgan fingerprint density at radius 2 is 1.87 bits per heavy atom. The summed E-state index contributed by atoms with van der Waals surface area (Å²) < 4.78 is 13.5. The second-order valence-electron chi connectivity index (χ2n) is 4.48. The maximum Gasteiger partial charge on any atom is 0.129 e. The van der Waals surface area contributed by atoms with Crippen molar-refractivity contribution in [2.24, 2.45) is 11.1 Å². The standard InChI is InChI=1S/C11H15ClFN.ClH/c1-11(2,3)10(14)9-7(12)5-4-6-8(9)13;/h4-6,10H,14H2,1-3H3;1H/t10-;/m0./s1. The van der Waals surface area contributed by atoms with E-state index in [1.807, 2.05) is 20.8 Å². The van der Waals surface area contributed by atoms with Crippen LogP contribution in [0.15, 0.2) is 18.2 Å². The molecule has 0 bridgehead atoms. The van der Waals surface area contributed by atoms with Gasteiger partial charge in [-0.3, -0.25) is 0 Å². The van der Waals surface area contributed by atoms with Gasteiger partial charge in [-0.25, -0.2) is 4.39 Å². The molecule has 2 N–H and O–H groups in total. The van der Waals surface area contributed by atoms with E-state index in [0.717, 1.165) is 0 Å². The molecule has 0 aliphatic heterocycles. The first-order valence-corrected chi connectivity index (χ1v) is 4.91. The van der Waals surface area contributed by atoms with E-state index < -0.39 is 6.04 Å². The molecule has 1 aromatic rings. The predicted octanol–water partition coefficient (Wildman–Crippen LogP) is 3.95. The van der Waals surface area contributed by atoms with Crippen molar-refractivity contribution in [2.75, 3.05) is 0 Å². The fourth-order valence-electron chi connectivity index (χ4n) is 1.24. The molecule has 0 saturated heterocycles. The van der Waals surface area contributed by atoms with Gasteiger partial charge in [-0.1, -0.05) is 38.4 Å². The van der Waals surface area contributed by atoms with Gasteiger partial charge in [0.1, 0.15) is 5.82 Å². The summed E-state index contributed by atoms with van der Waals surface area (Å²) in [5.41, 5.74) is 6.15. The minimum absolute atomic E-state index is 0. The summed E-state index contributed by atoms with van der Waals surface area (Å²) in [6.07, 6.45) is 0. The fraction of sp³-hybridized carbons (Fsp3) is 0.455. The number of hydrogen-bond donors (Lipinski definition) is 1. The molecule has 1 rings (SSSR count). The molecular weight excluding hydrogens is 236 g/mol. The zero-order valence-corrected chi connectivity index (χ0v) is 10.6. The average molecular weight is 252 g/mol. The van der Waals surface area contributed by atoms with Crippen molar-refractivity contribution in [1.29, 1.82) is 0 Å². The maximum atomic E-state index is 13.5. The highest BCUT2D eigenvalue weighted by molar-refractivity contribution is 6.31. The van der Waals surface area contributed by atoms with Gasteiger partial charge in [-0.05, 0) is 17.5 Å². The lowest BCUT2D eigenvalue weighted by molar-refractivity contribution is 0.319. The Hall–Kier alpha value is -0.310. The van der Waals surface area contributed by atoms with Crippen LogP contribution in [0, 0.1) is 11.2 Å². The van der Waals surface area contributed by atoms with Crippen molar-refractivity contribution >= 4 is 24.0 Å². The van der Waals surface area contributed by atoms with E-state index in [4.69, 9.17) is 17.3 Å². The van der Waals surface area contributed by atoms with Crippen LogP contribution < -0.4 is 5.73 Å². The summed E-state index contributed by atoms with van der Waals surface area (Å²) in [5, 5.41) is 0.396. The molecule has 0 aromatic heterocycles. The van der Waals surface area contributed by atoms with Crippen LogP contribution in [0.4, 0.5) is 4.39 Å². The van der Waals surface area contributed by atoms with E-state index in [9.17, 15) is 4.39 Å². The molecule has 1 nitrogen and oxygen atoms in total. The normalized spacial score (nSPS) is 13.2. The molecule has 0 saturated carbocycles. The molecule has 0 fully saturated rings. The van der Waals surface area contributed by atoms with Crippen molar-refractivity contribution in [1.82, 2.24) is 0 Å². The summed E-state index contributed by atoms with van der Waals surface area (Å²) in [5.74, 6) is -0.333. The van der Waals surface area contributed by atoms with E-state index in [-0.39, 0.29) is 23.6 Å². The fourth-order valence-corrected chi connectivity index (χ4v) is 1.52. The molecule has 0 amide bonds. The first-order chi connectivity index (χ1) is 6.34. The Balaban J connectivity index is 0.00000196. The van der Waals surface area contributed by atoms with Crippen LogP contribution in [0.25, 0.3) is 0 Å². The van der Waals surface area contributed by atoms with Crippen LogP contribution in [0.5, 0.6) is 0 Å². The third kappa shape index (κ3) is 3.33. The topological polar surface area (TPSA) is 26.0 Å².